The van der Waals surface area contributed by atoms with Gasteiger partial charge in [-0.1, -0.05) is 19.6 Å². The van der Waals surface area contributed by atoms with Crippen LogP contribution in [0.3, 0.4) is 0 Å². The Morgan fingerprint density at radius 3 is 2.43 bits per heavy atom. The van der Waals surface area contributed by atoms with Crippen molar-refractivity contribution in [3.05, 3.63) is 0 Å². The average Bonchev–Trinajstić information content (AvgIpc) is 2.13. The summed E-state index contributed by atoms with van der Waals surface area (Å²) in [7, 11) is -1.12. The van der Waals surface area contributed by atoms with Crippen LogP contribution in [0.1, 0.15) is 25.7 Å². The standard InChI is InChI=1S/C12H23NSi/c1-14(2,3)11-5-4-6-12-7-9-13-10-8-12/h12-13H,4,6-10H2,1-3H3. The summed E-state index contributed by atoms with van der Waals surface area (Å²) in [6.07, 6.45) is 5.15. The van der Waals surface area contributed by atoms with Crippen molar-refractivity contribution in [2.45, 2.75) is 45.3 Å². The number of rotatable bonds is 2. The molecule has 0 saturated carbocycles. The molecule has 0 bridgehead atoms. The van der Waals surface area contributed by atoms with Crippen LogP contribution in [0, 0.1) is 17.4 Å². The second kappa shape index (κ2) is 5.58. The van der Waals surface area contributed by atoms with Crippen molar-refractivity contribution in [3.63, 3.8) is 0 Å². The number of nitrogens with one attached hydrogen (secondary N) is 1. The predicted molar refractivity (Wildman–Crippen MR) is 65.9 cm³/mol. The maximum Gasteiger partial charge on any atom is 0.129 e. The molecule has 0 spiro atoms. The van der Waals surface area contributed by atoms with Crippen molar-refractivity contribution < 1.29 is 0 Å². The van der Waals surface area contributed by atoms with Crippen molar-refractivity contribution in [2.75, 3.05) is 13.1 Å². The molecule has 1 aliphatic rings. The molecule has 1 N–H and O–H groups in total. The van der Waals surface area contributed by atoms with Gasteiger partial charge in [0.2, 0.25) is 0 Å². The maximum atomic E-state index is 3.43. The van der Waals surface area contributed by atoms with Gasteiger partial charge in [0.15, 0.2) is 0 Å². The normalized spacial score (nSPS) is 18.8. The van der Waals surface area contributed by atoms with Crippen LogP contribution in [0.25, 0.3) is 0 Å². The van der Waals surface area contributed by atoms with E-state index in [1.165, 1.54) is 32.4 Å². The van der Waals surface area contributed by atoms with Gasteiger partial charge in [0.25, 0.3) is 0 Å². The van der Waals surface area contributed by atoms with Gasteiger partial charge in [0.1, 0.15) is 8.07 Å². The summed E-state index contributed by atoms with van der Waals surface area (Å²) in [5, 5.41) is 3.40. The van der Waals surface area contributed by atoms with E-state index in [2.05, 4.69) is 36.4 Å². The summed E-state index contributed by atoms with van der Waals surface area (Å²) >= 11 is 0. The van der Waals surface area contributed by atoms with E-state index in [0.717, 1.165) is 12.3 Å². The molecule has 0 aromatic rings. The Morgan fingerprint density at radius 1 is 1.21 bits per heavy atom. The molecule has 1 rings (SSSR count). The number of hydrogen-bond acceptors (Lipinski definition) is 1. The van der Waals surface area contributed by atoms with Crippen molar-refractivity contribution in [3.8, 4) is 11.5 Å². The van der Waals surface area contributed by atoms with E-state index in [1.807, 2.05) is 0 Å². The first-order valence-corrected chi connectivity index (χ1v) is 9.29. The summed E-state index contributed by atoms with van der Waals surface area (Å²) < 4.78 is 0. The second-order valence-corrected chi connectivity index (χ2v) is 10.0. The first-order valence-electron chi connectivity index (χ1n) is 5.79. The van der Waals surface area contributed by atoms with Crippen LogP contribution >= 0.6 is 0 Å². The monoisotopic (exact) mass is 209 g/mol. The molecule has 1 heterocycles. The van der Waals surface area contributed by atoms with Gasteiger partial charge in [-0.25, -0.2) is 0 Å². The highest BCUT2D eigenvalue weighted by Crippen LogP contribution is 2.17. The molecule has 1 saturated heterocycles. The third kappa shape index (κ3) is 5.46. The number of piperidine rings is 1. The van der Waals surface area contributed by atoms with Crippen molar-refractivity contribution in [1.29, 1.82) is 0 Å². The molecule has 0 aromatic carbocycles. The van der Waals surface area contributed by atoms with E-state index >= 15 is 0 Å². The van der Waals surface area contributed by atoms with Gasteiger partial charge in [-0.05, 0) is 38.3 Å². The zero-order valence-electron chi connectivity index (χ0n) is 9.82. The minimum atomic E-state index is -1.12. The van der Waals surface area contributed by atoms with Gasteiger partial charge in [0, 0.05) is 6.42 Å². The van der Waals surface area contributed by atoms with E-state index in [4.69, 9.17) is 0 Å². The van der Waals surface area contributed by atoms with Crippen molar-refractivity contribution >= 4 is 8.07 Å². The van der Waals surface area contributed by atoms with Crippen LogP contribution < -0.4 is 5.32 Å². The van der Waals surface area contributed by atoms with Crippen LogP contribution in [0.4, 0.5) is 0 Å². The first kappa shape index (κ1) is 11.8. The molecular weight excluding hydrogens is 186 g/mol. The zero-order valence-corrected chi connectivity index (χ0v) is 10.8. The Balaban J connectivity index is 2.16. The third-order valence-corrected chi connectivity index (χ3v) is 3.53. The second-order valence-electron chi connectivity index (χ2n) is 5.28. The Bertz CT molecular complexity index is 213. The Kier molecular flexibility index (Phi) is 4.70. The highest BCUT2D eigenvalue weighted by Gasteiger charge is 2.12. The largest absolute Gasteiger partial charge is 0.317 e. The lowest BCUT2D eigenvalue weighted by molar-refractivity contribution is 0.357. The smallest absolute Gasteiger partial charge is 0.129 e. The van der Waals surface area contributed by atoms with Gasteiger partial charge in [-0.3, -0.25) is 0 Å². The quantitative estimate of drug-likeness (QED) is 0.544. The van der Waals surface area contributed by atoms with Gasteiger partial charge in [0.05, 0.1) is 0 Å². The van der Waals surface area contributed by atoms with Crippen LogP contribution in [0.2, 0.25) is 19.6 Å². The molecule has 0 aliphatic carbocycles. The van der Waals surface area contributed by atoms with Crippen LogP contribution in [0.15, 0.2) is 0 Å². The van der Waals surface area contributed by atoms with Crippen molar-refractivity contribution in [1.82, 2.24) is 5.32 Å². The fourth-order valence-corrected chi connectivity index (χ4v) is 2.43. The van der Waals surface area contributed by atoms with Crippen LogP contribution in [-0.4, -0.2) is 21.2 Å². The summed E-state index contributed by atoms with van der Waals surface area (Å²) in [5.74, 6) is 4.30. The zero-order chi connectivity index (χ0) is 10.4. The van der Waals surface area contributed by atoms with Crippen LogP contribution in [0.5, 0.6) is 0 Å². The predicted octanol–water partition coefficient (Wildman–Crippen LogP) is 2.65. The summed E-state index contributed by atoms with van der Waals surface area (Å²) in [4.78, 5) is 0. The van der Waals surface area contributed by atoms with Gasteiger partial charge >= 0.3 is 0 Å². The SMILES string of the molecule is C[Si](C)(C)C#CCCC1CCNCC1. The van der Waals surface area contributed by atoms with E-state index in [-0.39, 0.29) is 0 Å². The summed E-state index contributed by atoms with van der Waals surface area (Å²) in [6.45, 7) is 9.36. The molecule has 0 aromatic heterocycles. The van der Waals surface area contributed by atoms with E-state index in [0.29, 0.717) is 0 Å². The number of hydrogen-bond donors (Lipinski definition) is 1. The molecule has 14 heavy (non-hydrogen) atoms. The topological polar surface area (TPSA) is 12.0 Å². The first-order chi connectivity index (χ1) is 6.58. The van der Waals surface area contributed by atoms with Gasteiger partial charge in [-0.15, -0.1) is 11.5 Å². The third-order valence-electron chi connectivity index (χ3n) is 2.60. The minimum Gasteiger partial charge on any atom is -0.317 e. The lowest BCUT2D eigenvalue weighted by atomic mass is 9.93. The minimum absolute atomic E-state index is 0.937. The average molecular weight is 209 g/mol. The molecule has 0 radical (unpaired) electrons. The Hall–Kier alpha value is -0.263. The molecule has 1 fully saturated rings. The van der Waals surface area contributed by atoms with E-state index < -0.39 is 8.07 Å². The molecule has 0 unspecified atom stereocenters. The molecule has 1 nitrogen and oxygen atoms in total. The summed E-state index contributed by atoms with van der Waals surface area (Å²) in [6, 6.07) is 0. The lowest BCUT2D eigenvalue weighted by Gasteiger charge is -2.21. The maximum absolute atomic E-state index is 3.43. The molecule has 80 valence electrons. The molecular formula is C12H23NSi. The Morgan fingerprint density at radius 2 is 1.86 bits per heavy atom. The van der Waals surface area contributed by atoms with Gasteiger partial charge in [-0.2, -0.15) is 0 Å². The fourth-order valence-electron chi connectivity index (χ4n) is 1.77. The fraction of sp³-hybridized carbons (Fsp3) is 0.833. The van der Waals surface area contributed by atoms with Gasteiger partial charge < -0.3 is 5.32 Å². The highest BCUT2D eigenvalue weighted by atomic mass is 28.3. The molecule has 0 atom stereocenters. The van der Waals surface area contributed by atoms with E-state index in [1.54, 1.807) is 0 Å². The van der Waals surface area contributed by atoms with Crippen molar-refractivity contribution in [2.24, 2.45) is 5.92 Å². The molecule has 0 amide bonds. The highest BCUT2D eigenvalue weighted by molar-refractivity contribution is 6.83. The molecule has 2 heteroatoms. The lowest BCUT2D eigenvalue weighted by Crippen LogP contribution is -2.27. The van der Waals surface area contributed by atoms with E-state index in [9.17, 15) is 0 Å². The molecule has 1 aliphatic heterocycles. The Labute approximate surface area is 89.7 Å². The van der Waals surface area contributed by atoms with Crippen LogP contribution in [-0.2, 0) is 0 Å². The summed E-state index contributed by atoms with van der Waals surface area (Å²) in [5.41, 5.74) is 3.43.